The Bertz CT molecular complexity index is 193. The van der Waals surface area contributed by atoms with Crippen molar-refractivity contribution in [2.75, 3.05) is 0 Å². The Balaban J connectivity index is 3.99. The number of halogens is 4. The van der Waals surface area contributed by atoms with Gasteiger partial charge in [0.05, 0.1) is 0 Å². The number of esters is 1. The Labute approximate surface area is 72.2 Å². The van der Waals surface area contributed by atoms with E-state index in [1.54, 1.807) is 0 Å². The highest BCUT2D eigenvalue weighted by Gasteiger charge is 2.32. The summed E-state index contributed by atoms with van der Waals surface area (Å²) in [5.41, 5.74) is 0. The van der Waals surface area contributed by atoms with E-state index in [2.05, 4.69) is 4.74 Å². The lowest BCUT2D eigenvalue weighted by atomic mass is 10.4. The van der Waals surface area contributed by atoms with Crippen LogP contribution in [-0.2, 0) is 9.53 Å². The summed E-state index contributed by atoms with van der Waals surface area (Å²) >= 11 is 0. The summed E-state index contributed by atoms with van der Waals surface area (Å²) in [4.78, 5) is 10.4. The van der Waals surface area contributed by atoms with Gasteiger partial charge in [-0.3, -0.25) is 0 Å². The Morgan fingerprint density at radius 3 is 2.23 bits per heavy atom. The van der Waals surface area contributed by atoms with Crippen LogP contribution in [0.1, 0.15) is 6.92 Å². The van der Waals surface area contributed by atoms with Crippen molar-refractivity contribution in [1.82, 2.24) is 0 Å². The fourth-order valence-corrected chi connectivity index (χ4v) is 0.466. The van der Waals surface area contributed by atoms with E-state index >= 15 is 0 Å². The molecule has 0 spiro atoms. The van der Waals surface area contributed by atoms with Crippen LogP contribution in [0, 0.1) is 0 Å². The van der Waals surface area contributed by atoms with Gasteiger partial charge in [0, 0.05) is 6.08 Å². The number of rotatable bonds is 4. The van der Waals surface area contributed by atoms with Gasteiger partial charge in [-0.25, -0.2) is 18.0 Å². The van der Waals surface area contributed by atoms with Crippen molar-refractivity contribution in [3.8, 4) is 0 Å². The molecule has 0 aliphatic carbocycles. The molecule has 0 saturated carbocycles. The lowest BCUT2D eigenvalue weighted by Gasteiger charge is -2.11. The van der Waals surface area contributed by atoms with Crippen molar-refractivity contribution in [2.45, 2.75) is 25.9 Å². The lowest BCUT2D eigenvalue weighted by molar-refractivity contribution is -0.166. The van der Waals surface area contributed by atoms with E-state index in [-0.39, 0.29) is 0 Å². The molecule has 6 heteroatoms. The molecule has 0 aliphatic heterocycles. The predicted molar refractivity (Wildman–Crippen MR) is 36.7 cm³/mol. The quantitative estimate of drug-likeness (QED) is 0.394. The van der Waals surface area contributed by atoms with E-state index < -0.39 is 24.9 Å². The van der Waals surface area contributed by atoms with Crippen molar-refractivity contribution >= 4 is 5.97 Å². The fraction of sp³-hybridized carbons (Fsp3) is 0.571. The van der Waals surface area contributed by atoms with Gasteiger partial charge < -0.3 is 4.74 Å². The van der Waals surface area contributed by atoms with Crippen molar-refractivity contribution in [2.24, 2.45) is 0 Å². The third-order valence-corrected chi connectivity index (χ3v) is 1.02. The third-order valence-electron chi connectivity index (χ3n) is 1.02. The van der Waals surface area contributed by atoms with Crippen molar-refractivity contribution < 1.29 is 27.1 Å². The van der Waals surface area contributed by atoms with Crippen LogP contribution in [0.4, 0.5) is 17.6 Å². The van der Waals surface area contributed by atoms with Crippen LogP contribution in [0.3, 0.4) is 0 Å². The monoisotopic (exact) mass is 200 g/mol. The summed E-state index contributed by atoms with van der Waals surface area (Å²) in [5, 5.41) is 0. The smallest absolute Gasteiger partial charge is 0.333 e. The summed E-state index contributed by atoms with van der Waals surface area (Å²) < 4.78 is 51.0. The first-order valence-electron chi connectivity index (χ1n) is 3.38. The van der Waals surface area contributed by atoms with Crippen LogP contribution in [0.15, 0.2) is 12.2 Å². The summed E-state index contributed by atoms with van der Waals surface area (Å²) in [7, 11) is 0. The Hall–Kier alpha value is -1.07. The van der Waals surface area contributed by atoms with Crippen LogP contribution < -0.4 is 0 Å². The minimum atomic E-state index is -3.51. The van der Waals surface area contributed by atoms with E-state index in [1.807, 2.05) is 0 Å². The molecule has 0 fully saturated rings. The van der Waals surface area contributed by atoms with E-state index in [9.17, 15) is 22.4 Å². The number of alkyl halides is 4. The lowest BCUT2D eigenvalue weighted by Crippen LogP contribution is -2.29. The molecule has 13 heavy (non-hydrogen) atoms. The summed E-state index contributed by atoms with van der Waals surface area (Å²) in [6, 6.07) is 0. The van der Waals surface area contributed by atoms with Gasteiger partial charge in [0.1, 0.15) is 0 Å². The highest BCUT2D eigenvalue weighted by molar-refractivity contribution is 5.81. The summed E-state index contributed by atoms with van der Waals surface area (Å²) in [6.07, 6.45) is -7.53. The Kier molecular flexibility index (Phi) is 5.10. The normalized spacial score (nSPS) is 16.2. The Morgan fingerprint density at radius 1 is 1.31 bits per heavy atom. The average Bonchev–Trinajstić information content (AvgIpc) is 2.03. The van der Waals surface area contributed by atoms with Crippen molar-refractivity contribution in [3.63, 3.8) is 0 Å². The zero-order chi connectivity index (χ0) is 10.4. The molecule has 2 nitrogen and oxygen atoms in total. The molecule has 0 heterocycles. The first-order chi connectivity index (χ1) is 5.99. The summed E-state index contributed by atoms with van der Waals surface area (Å²) in [5.74, 6) is -1.20. The van der Waals surface area contributed by atoms with Crippen LogP contribution in [0.25, 0.3) is 0 Å². The molecule has 0 aromatic carbocycles. The SMILES string of the molecule is CC=CC(=O)OC(F)C(F)C(F)F. The number of allylic oxidation sites excluding steroid dienone is 1. The van der Waals surface area contributed by atoms with E-state index in [4.69, 9.17) is 0 Å². The zero-order valence-corrected chi connectivity index (χ0v) is 6.72. The number of hydrogen-bond acceptors (Lipinski definition) is 2. The Morgan fingerprint density at radius 2 is 1.85 bits per heavy atom. The van der Waals surface area contributed by atoms with Crippen LogP contribution in [-0.4, -0.2) is 24.9 Å². The molecule has 0 radical (unpaired) electrons. The molecule has 2 unspecified atom stereocenters. The number of carbonyl (C=O) groups excluding carboxylic acids is 1. The molecule has 0 aromatic rings. The number of hydrogen-bond donors (Lipinski definition) is 0. The molecule has 76 valence electrons. The molecule has 0 bridgehead atoms. The van der Waals surface area contributed by atoms with E-state index in [1.165, 1.54) is 13.0 Å². The van der Waals surface area contributed by atoms with Gasteiger partial charge in [-0.15, -0.1) is 0 Å². The average molecular weight is 200 g/mol. The second-order valence-corrected chi connectivity index (χ2v) is 2.07. The maximum absolute atomic E-state index is 12.3. The molecule has 0 rings (SSSR count). The van der Waals surface area contributed by atoms with Crippen LogP contribution in [0.2, 0.25) is 0 Å². The minimum absolute atomic E-state index is 0.796. The van der Waals surface area contributed by atoms with Crippen LogP contribution in [0.5, 0.6) is 0 Å². The fourth-order valence-electron chi connectivity index (χ4n) is 0.466. The first-order valence-corrected chi connectivity index (χ1v) is 3.38. The van der Waals surface area contributed by atoms with Gasteiger partial charge in [-0.2, -0.15) is 4.39 Å². The standard InChI is InChI=1S/C7H8F4O2/c1-2-3-4(12)13-7(11)5(8)6(9)10/h2-3,5-7H,1H3. The van der Waals surface area contributed by atoms with Gasteiger partial charge in [0.25, 0.3) is 12.8 Å². The van der Waals surface area contributed by atoms with E-state index in [0.717, 1.165) is 6.08 Å². The van der Waals surface area contributed by atoms with E-state index in [0.29, 0.717) is 0 Å². The second kappa shape index (κ2) is 5.55. The van der Waals surface area contributed by atoms with Crippen LogP contribution >= 0.6 is 0 Å². The van der Waals surface area contributed by atoms with Gasteiger partial charge in [0.2, 0.25) is 6.17 Å². The highest BCUT2D eigenvalue weighted by atomic mass is 19.3. The molecular weight excluding hydrogens is 192 g/mol. The van der Waals surface area contributed by atoms with Gasteiger partial charge in [0.15, 0.2) is 0 Å². The first kappa shape index (κ1) is 11.9. The molecular formula is C7H8F4O2. The predicted octanol–water partition coefficient (Wildman–Crippen LogP) is 2.00. The molecule has 0 aliphatic rings. The minimum Gasteiger partial charge on any atom is -0.424 e. The maximum atomic E-state index is 12.3. The summed E-state index contributed by atoms with van der Waals surface area (Å²) in [6.45, 7) is 1.44. The van der Waals surface area contributed by atoms with Gasteiger partial charge in [-0.1, -0.05) is 6.08 Å². The highest BCUT2D eigenvalue weighted by Crippen LogP contribution is 2.14. The van der Waals surface area contributed by atoms with Crippen molar-refractivity contribution in [1.29, 1.82) is 0 Å². The maximum Gasteiger partial charge on any atom is 0.333 e. The van der Waals surface area contributed by atoms with Gasteiger partial charge in [-0.05, 0) is 6.92 Å². The third kappa shape index (κ3) is 4.49. The zero-order valence-electron chi connectivity index (χ0n) is 6.72. The van der Waals surface area contributed by atoms with Crippen molar-refractivity contribution in [3.05, 3.63) is 12.2 Å². The number of carbonyl (C=O) groups is 1. The largest absolute Gasteiger partial charge is 0.424 e. The molecule has 0 amide bonds. The number of ether oxygens (including phenoxy) is 1. The van der Waals surface area contributed by atoms with Gasteiger partial charge >= 0.3 is 5.97 Å². The molecule has 0 N–H and O–H groups in total. The molecule has 2 atom stereocenters. The molecule has 0 aromatic heterocycles. The second-order valence-electron chi connectivity index (χ2n) is 2.07. The molecule has 0 saturated heterocycles. The topological polar surface area (TPSA) is 26.3 Å².